The zero-order valence-corrected chi connectivity index (χ0v) is 9.61. The summed E-state index contributed by atoms with van der Waals surface area (Å²) >= 11 is 0. The molecule has 0 saturated carbocycles. The van der Waals surface area contributed by atoms with Gasteiger partial charge in [-0.05, 0) is 18.1 Å². The van der Waals surface area contributed by atoms with Gasteiger partial charge in [-0.25, -0.2) is 4.79 Å². The van der Waals surface area contributed by atoms with Crippen LogP contribution in [0.15, 0.2) is 36.9 Å². The van der Waals surface area contributed by atoms with Gasteiger partial charge in [0.05, 0.1) is 6.04 Å². The predicted octanol–water partition coefficient (Wildman–Crippen LogP) is 1.48. The second-order valence-corrected chi connectivity index (χ2v) is 3.96. The second kappa shape index (κ2) is 5.39. The van der Waals surface area contributed by atoms with E-state index in [0.29, 0.717) is 13.2 Å². The van der Waals surface area contributed by atoms with Gasteiger partial charge in [0.1, 0.15) is 12.4 Å². The molecule has 90 valence electrons. The van der Waals surface area contributed by atoms with Gasteiger partial charge in [0.25, 0.3) is 0 Å². The standard InChI is InChI=1S/C13H16N2O2/c1-2-7-14-13(16)15-11-8-10-5-3-4-6-12(10)17-9-11/h2-6,11H,1,7-9H2,(H2,14,15,16)/t11-/m0/s1. The van der Waals surface area contributed by atoms with Crippen molar-refractivity contribution in [3.8, 4) is 5.75 Å². The molecule has 2 amide bonds. The molecule has 0 unspecified atom stereocenters. The normalized spacial score (nSPS) is 17.5. The van der Waals surface area contributed by atoms with E-state index >= 15 is 0 Å². The molecule has 1 aromatic carbocycles. The Kier molecular flexibility index (Phi) is 3.65. The number of para-hydroxylation sites is 1. The average Bonchev–Trinajstić information content (AvgIpc) is 2.36. The highest BCUT2D eigenvalue weighted by molar-refractivity contribution is 5.74. The molecule has 17 heavy (non-hydrogen) atoms. The number of hydrogen-bond acceptors (Lipinski definition) is 2. The molecule has 0 spiro atoms. The largest absolute Gasteiger partial charge is 0.491 e. The summed E-state index contributed by atoms with van der Waals surface area (Å²) in [6, 6.07) is 7.73. The zero-order valence-electron chi connectivity index (χ0n) is 9.61. The molecule has 2 rings (SSSR count). The summed E-state index contributed by atoms with van der Waals surface area (Å²) in [6.45, 7) is 4.52. The lowest BCUT2D eigenvalue weighted by Gasteiger charge is -2.25. The summed E-state index contributed by atoms with van der Waals surface area (Å²) < 4.78 is 5.58. The van der Waals surface area contributed by atoms with Crippen molar-refractivity contribution in [2.45, 2.75) is 12.5 Å². The SMILES string of the molecule is C=CCNC(=O)N[C@@H]1COc2ccccc2C1. The summed E-state index contributed by atoms with van der Waals surface area (Å²) in [6.07, 6.45) is 2.45. The summed E-state index contributed by atoms with van der Waals surface area (Å²) in [7, 11) is 0. The third-order valence-electron chi connectivity index (χ3n) is 2.62. The fourth-order valence-electron chi connectivity index (χ4n) is 1.82. The number of rotatable bonds is 3. The number of carbonyl (C=O) groups is 1. The first kappa shape index (κ1) is 11.5. The number of amides is 2. The van der Waals surface area contributed by atoms with Crippen LogP contribution >= 0.6 is 0 Å². The number of fused-ring (bicyclic) bond motifs is 1. The van der Waals surface area contributed by atoms with Crippen LogP contribution in [0.4, 0.5) is 4.79 Å². The van der Waals surface area contributed by atoms with Gasteiger partial charge in [0, 0.05) is 6.54 Å². The fraction of sp³-hybridized carbons (Fsp3) is 0.308. The molecule has 4 heteroatoms. The highest BCUT2D eigenvalue weighted by Crippen LogP contribution is 2.23. The number of ether oxygens (including phenoxy) is 1. The highest BCUT2D eigenvalue weighted by Gasteiger charge is 2.20. The fourth-order valence-corrected chi connectivity index (χ4v) is 1.82. The molecular weight excluding hydrogens is 216 g/mol. The lowest BCUT2D eigenvalue weighted by atomic mass is 10.0. The van der Waals surface area contributed by atoms with Crippen LogP contribution in [0.3, 0.4) is 0 Å². The van der Waals surface area contributed by atoms with E-state index in [9.17, 15) is 4.79 Å². The Morgan fingerprint density at radius 1 is 1.53 bits per heavy atom. The van der Waals surface area contributed by atoms with Crippen LogP contribution in [-0.2, 0) is 6.42 Å². The van der Waals surface area contributed by atoms with Crippen LogP contribution < -0.4 is 15.4 Å². The molecule has 0 aromatic heterocycles. The van der Waals surface area contributed by atoms with E-state index < -0.39 is 0 Å². The smallest absolute Gasteiger partial charge is 0.315 e. The molecule has 0 bridgehead atoms. The topological polar surface area (TPSA) is 50.4 Å². The molecule has 0 fully saturated rings. The summed E-state index contributed by atoms with van der Waals surface area (Å²) in [5.74, 6) is 0.914. The Labute approximate surface area is 101 Å². The number of benzene rings is 1. The molecule has 2 N–H and O–H groups in total. The first-order valence-electron chi connectivity index (χ1n) is 5.65. The van der Waals surface area contributed by atoms with Gasteiger partial charge in [-0.1, -0.05) is 24.3 Å². The van der Waals surface area contributed by atoms with Crippen molar-refractivity contribution in [2.24, 2.45) is 0 Å². The minimum absolute atomic E-state index is 0.0229. The molecule has 0 aliphatic carbocycles. The third-order valence-corrected chi connectivity index (χ3v) is 2.62. The molecule has 0 saturated heterocycles. The maximum Gasteiger partial charge on any atom is 0.315 e. The Morgan fingerprint density at radius 2 is 2.35 bits per heavy atom. The van der Waals surface area contributed by atoms with Crippen molar-refractivity contribution in [2.75, 3.05) is 13.2 Å². The minimum atomic E-state index is -0.183. The van der Waals surface area contributed by atoms with Gasteiger partial charge in [-0.2, -0.15) is 0 Å². The quantitative estimate of drug-likeness (QED) is 0.775. The lowest BCUT2D eigenvalue weighted by molar-refractivity contribution is 0.215. The molecule has 1 aliphatic heterocycles. The van der Waals surface area contributed by atoms with Crippen molar-refractivity contribution < 1.29 is 9.53 Å². The van der Waals surface area contributed by atoms with E-state index in [0.717, 1.165) is 17.7 Å². The van der Waals surface area contributed by atoms with Gasteiger partial charge >= 0.3 is 6.03 Å². The van der Waals surface area contributed by atoms with Crippen molar-refractivity contribution >= 4 is 6.03 Å². The Morgan fingerprint density at radius 3 is 3.18 bits per heavy atom. The zero-order chi connectivity index (χ0) is 12.1. The van der Waals surface area contributed by atoms with Crippen LogP contribution in [0.1, 0.15) is 5.56 Å². The van der Waals surface area contributed by atoms with Gasteiger partial charge < -0.3 is 15.4 Å². The minimum Gasteiger partial charge on any atom is -0.491 e. The Bertz CT molecular complexity index is 418. The van der Waals surface area contributed by atoms with Crippen LogP contribution in [0.5, 0.6) is 5.75 Å². The molecule has 4 nitrogen and oxygen atoms in total. The van der Waals surface area contributed by atoms with Crippen LogP contribution in [-0.4, -0.2) is 25.2 Å². The maximum absolute atomic E-state index is 11.5. The monoisotopic (exact) mass is 232 g/mol. The molecule has 1 heterocycles. The summed E-state index contributed by atoms with van der Waals surface area (Å²) in [5, 5.41) is 5.55. The van der Waals surface area contributed by atoms with E-state index in [4.69, 9.17) is 4.74 Å². The molecule has 1 aromatic rings. The van der Waals surface area contributed by atoms with Gasteiger partial charge in [-0.3, -0.25) is 0 Å². The lowest BCUT2D eigenvalue weighted by Crippen LogP contribution is -2.47. The van der Waals surface area contributed by atoms with Crippen molar-refractivity contribution in [1.29, 1.82) is 0 Å². The highest BCUT2D eigenvalue weighted by atomic mass is 16.5. The maximum atomic E-state index is 11.5. The van der Waals surface area contributed by atoms with E-state index in [1.165, 1.54) is 0 Å². The van der Waals surface area contributed by atoms with Crippen molar-refractivity contribution in [3.05, 3.63) is 42.5 Å². The van der Waals surface area contributed by atoms with Crippen molar-refractivity contribution in [3.63, 3.8) is 0 Å². The van der Waals surface area contributed by atoms with E-state index in [1.807, 2.05) is 24.3 Å². The molecule has 1 atom stereocenters. The first-order chi connectivity index (χ1) is 8.29. The number of hydrogen-bond donors (Lipinski definition) is 2. The third kappa shape index (κ3) is 3.00. The van der Waals surface area contributed by atoms with E-state index in [2.05, 4.69) is 17.2 Å². The predicted molar refractivity (Wildman–Crippen MR) is 66.2 cm³/mol. The number of carbonyl (C=O) groups excluding carboxylic acids is 1. The van der Waals surface area contributed by atoms with Gasteiger partial charge in [-0.15, -0.1) is 6.58 Å². The Balaban J connectivity index is 1.89. The molecular formula is C13H16N2O2. The van der Waals surface area contributed by atoms with Crippen LogP contribution in [0, 0.1) is 0 Å². The van der Waals surface area contributed by atoms with Crippen LogP contribution in [0.25, 0.3) is 0 Å². The number of nitrogens with one attached hydrogen (secondary N) is 2. The molecule has 1 aliphatic rings. The second-order valence-electron chi connectivity index (χ2n) is 3.96. The first-order valence-corrected chi connectivity index (χ1v) is 5.65. The number of urea groups is 1. The average molecular weight is 232 g/mol. The van der Waals surface area contributed by atoms with E-state index in [-0.39, 0.29) is 12.1 Å². The van der Waals surface area contributed by atoms with Gasteiger partial charge in [0.15, 0.2) is 0 Å². The van der Waals surface area contributed by atoms with Crippen LogP contribution in [0.2, 0.25) is 0 Å². The molecule has 0 radical (unpaired) electrons. The summed E-state index contributed by atoms with van der Waals surface area (Å²) in [5.41, 5.74) is 1.13. The summed E-state index contributed by atoms with van der Waals surface area (Å²) in [4.78, 5) is 11.5. The van der Waals surface area contributed by atoms with Crippen molar-refractivity contribution in [1.82, 2.24) is 10.6 Å². The van der Waals surface area contributed by atoms with Gasteiger partial charge in [0.2, 0.25) is 0 Å². The Hall–Kier alpha value is -1.97. The van der Waals surface area contributed by atoms with E-state index in [1.54, 1.807) is 6.08 Å².